The van der Waals surface area contributed by atoms with Crippen LogP contribution in [-0.2, 0) is 5.41 Å². The summed E-state index contributed by atoms with van der Waals surface area (Å²) >= 11 is 0. The van der Waals surface area contributed by atoms with E-state index in [1.807, 2.05) is 0 Å². The molecule has 0 spiro atoms. The highest BCUT2D eigenvalue weighted by atomic mass is 14.4. The zero-order valence-corrected chi connectivity index (χ0v) is 12.4. The highest BCUT2D eigenvalue weighted by Gasteiger charge is 2.37. The van der Waals surface area contributed by atoms with E-state index in [4.69, 9.17) is 0 Å². The summed E-state index contributed by atoms with van der Waals surface area (Å²) in [5.41, 5.74) is 3.10. The second kappa shape index (κ2) is 5.83. The number of hydrogen-bond donors (Lipinski definition) is 0. The van der Waals surface area contributed by atoms with Crippen LogP contribution in [0.3, 0.4) is 0 Å². The fourth-order valence-corrected chi connectivity index (χ4v) is 3.89. The van der Waals surface area contributed by atoms with Crippen molar-refractivity contribution in [3.05, 3.63) is 71.8 Å². The number of hydrogen-bond acceptors (Lipinski definition) is 0. The summed E-state index contributed by atoms with van der Waals surface area (Å²) in [6.45, 7) is 2.45. The first kappa shape index (κ1) is 13.4. The molecular weight excluding hydrogens is 240 g/mol. The topological polar surface area (TPSA) is 0 Å². The molecule has 0 N–H and O–H groups in total. The molecule has 3 rings (SSSR count). The Kier molecular flexibility index (Phi) is 3.91. The Labute approximate surface area is 122 Å². The summed E-state index contributed by atoms with van der Waals surface area (Å²) in [6, 6.07) is 22.2. The van der Waals surface area contributed by atoms with Crippen LogP contribution >= 0.6 is 0 Å². The van der Waals surface area contributed by atoms with Crippen LogP contribution < -0.4 is 0 Å². The molecule has 0 unspecified atom stereocenters. The molecule has 0 heteroatoms. The average Bonchev–Trinajstić information content (AvgIpc) is 2.56. The van der Waals surface area contributed by atoms with E-state index in [9.17, 15) is 0 Å². The van der Waals surface area contributed by atoms with Crippen molar-refractivity contribution in [2.75, 3.05) is 0 Å². The predicted octanol–water partition coefficient (Wildman–Crippen LogP) is 5.57. The van der Waals surface area contributed by atoms with Crippen LogP contribution in [0.4, 0.5) is 0 Å². The summed E-state index contributed by atoms with van der Waals surface area (Å²) in [5, 5.41) is 0. The van der Waals surface area contributed by atoms with Crippen molar-refractivity contribution in [3.8, 4) is 0 Å². The van der Waals surface area contributed by atoms with Crippen LogP contribution in [0.15, 0.2) is 60.7 Å². The van der Waals surface area contributed by atoms with Gasteiger partial charge in [-0.25, -0.2) is 0 Å². The third-order valence-electron chi connectivity index (χ3n) is 5.17. The quantitative estimate of drug-likeness (QED) is 0.679. The fourth-order valence-electron chi connectivity index (χ4n) is 3.89. The molecule has 0 aliphatic heterocycles. The van der Waals surface area contributed by atoms with Gasteiger partial charge in [-0.1, -0.05) is 86.8 Å². The van der Waals surface area contributed by atoms with Crippen LogP contribution in [0.5, 0.6) is 0 Å². The van der Waals surface area contributed by atoms with Gasteiger partial charge >= 0.3 is 0 Å². The second-order valence-electron chi connectivity index (χ2n) is 6.27. The molecule has 1 aliphatic carbocycles. The van der Waals surface area contributed by atoms with Gasteiger partial charge in [0.05, 0.1) is 0 Å². The molecule has 0 bridgehead atoms. The third kappa shape index (κ3) is 2.40. The molecular formula is C20H24. The standard InChI is InChI=1S/C20H24/c1-20(17-11-5-2-6-12-17,18-13-7-3-8-14-18)19-15-9-4-10-16-19/h2-3,5-8,11-14,19H,4,9-10,15-16H2,1H3. The molecule has 2 aromatic carbocycles. The Hall–Kier alpha value is -1.56. The Morgan fingerprint density at radius 1 is 0.700 bits per heavy atom. The van der Waals surface area contributed by atoms with E-state index in [1.54, 1.807) is 0 Å². The van der Waals surface area contributed by atoms with E-state index in [0.29, 0.717) is 0 Å². The van der Waals surface area contributed by atoms with Crippen LogP contribution in [0.25, 0.3) is 0 Å². The van der Waals surface area contributed by atoms with Gasteiger partial charge < -0.3 is 0 Å². The lowest BCUT2D eigenvalue weighted by Crippen LogP contribution is -2.34. The van der Waals surface area contributed by atoms with Crippen LogP contribution in [0, 0.1) is 5.92 Å². The maximum absolute atomic E-state index is 2.45. The highest BCUT2D eigenvalue weighted by molar-refractivity contribution is 5.39. The van der Waals surface area contributed by atoms with Crippen molar-refractivity contribution in [2.24, 2.45) is 5.92 Å². The van der Waals surface area contributed by atoms with Gasteiger partial charge in [-0.05, 0) is 29.9 Å². The van der Waals surface area contributed by atoms with Crippen LogP contribution in [0.1, 0.15) is 50.2 Å². The SMILES string of the molecule is CC(c1ccccc1)(c1ccccc1)C1CCCCC1. The molecule has 0 aromatic heterocycles. The van der Waals surface area contributed by atoms with E-state index < -0.39 is 0 Å². The lowest BCUT2D eigenvalue weighted by atomic mass is 9.63. The molecule has 1 fully saturated rings. The molecule has 0 nitrogen and oxygen atoms in total. The molecule has 0 saturated heterocycles. The minimum Gasteiger partial charge on any atom is -0.0622 e. The molecule has 20 heavy (non-hydrogen) atoms. The van der Waals surface area contributed by atoms with Crippen molar-refractivity contribution in [2.45, 2.75) is 44.4 Å². The molecule has 104 valence electrons. The first-order chi connectivity index (χ1) is 9.82. The van der Waals surface area contributed by atoms with Gasteiger partial charge in [-0.15, -0.1) is 0 Å². The van der Waals surface area contributed by atoms with Gasteiger partial charge in [-0.3, -0.25) is 0 Å². The normalized spacial score (nSPS) is 17.1. The minimum absolute atomic E-state index is 0.156. The predicted molar refractivity (Wildman–Crippen MR) is 85.9 cm³/mol. The summed E-state index contributed by atoms with van der Waals surface area (Å²) in [7, 11) is 0. The third-order valence-corrected chi connectivity index (χ3v) is 5.17. The van der Waals surface area contributed by atoms with Crippen molar-refractivity contribution >= 4 is 0 Å². The molecule has 0 radical (unpaired) electrons. The van der Waals surface area contributed by atoms with E-state index in [2.05, 4.69) is 67.6 Å². The zero-order valence-electron chi connectivity index (χ0n) is 12.4. The molecule has 1 saturated carbocycles. The van der Waals surface area contributed by atoms with Crippen LogP contribution in [-0.4, -0.2) is 0 Å². The molecule has 1 aliphatic rings. The maximum Gasteiger partial charge on any atom is 0.0202 e. The van der Waals surface area contributed by atoms with Crippen molar-refractivity contribution in [1.82, 2.24) is 0 Å². The highest BCUT2D eigenvalue weighted by Crippen LogP contribution is 2.45. The molecule has 0 heterocycles. The van der Waals surface area contributed by atoms with Crippen molar-refractivity contribution < 1.29 is 0 Å². The van der Waals surface area contributed by atoms with Gasteiger partial charge in [-0.2, -0.15) is 0 Å². The number of rotatable bonds is 3. The Morgan fingerprint density at radius 3 is 1.60 bits per heavy atom. The van der Waals surface area contributed by atoms with E-state index in [-0.39, 0.29) is 5.41 Å². The number of benzene rings is 2. The zero-order chi connectivity index (χ0) is 13.8. The summed E-state index contributed by atoms with van der Waals surface area (Å²) < 4.78 is 0. The minimum atomic E-state index is 0.156. The van der Waals surface area contributed by atoms with E-state index >= 15 is 0 Å². The molecule has 0 amide bonds. The fraction of sp³-hybridized carbons (Fsp3) is 0.400. The van der Waals surface area contributed by atoms with Gasteiger partial charge in [0, 0.05) is 5.41 Å². The van der Waals surface area contributed by atoms with E-state index in [0.717, 1.165) is 5.92 Å². The largest absolute Gasteiger partial charge is 0.0622 e. The Balaban J connectivity index is 2.07. The maximum atomic E-state index is 2.45. The van der Waals surface area contributed by atoms with Gasteiger partial charge in [0.15, 0.2) is 0 Å². The second-order valence-corrected chi connectivity index (χ2v) is 6.27. The first-order valence-corrected chi connectivity index (χ1v) is 7.93. The summed E-state index contributed by atoms with van der Waals surface area (Å²) in [5.74, 6) is 0.765. The smallest absolute Gasteiger partial charge is 0.0202 e. The van der Waals surface area contributed by atoms with Gasteiger partial charge in [0.1, 0.15) is 0 Å². The molecule has 0 atom stereocenters. The lowest BCUT2D eigenvalue weighted by molar-refractivity contribution is 0.254. The molecule has 2 aromatic rings. The monoisotopic (exact) mass is 264 g/mol. The van der Waals surface area contributed by atoms with Crippen molar-refractivity contribution in [3.63, 3.8) is 0 Å². The van der Waals surface area contributed by atoms with Gasteiger partial charge in [0.2, 0.25) is 0 Å². The lowest BCUT2D eigenvalue weighted by Gasteiger charge is -2.41. The average molecular weight is 264 g/mol. The van der Waals surface area contributed by atoms with Crippen LogP contribution in [0.2, 0.25) is 0 Å². The summed E-state index contributed by atoms with van der Waals surface area (Å²) in [4.78, 5) is 0. The van der Waals surface area contributed by atoms with Gasteiger partial charge in [0.25, 0.3) is 0 Å². The van der Waals surface area contributed by atoms with E-state index in [1.165, 1.54) is 43.2 Å². The first-order valence-electron chi connectivity index (χ1n) is 7.93. The van der Waals surface area contributed by atoms with Crippen molar-refractivity contribution in [1.29, 1.82) is 0 Å². The summed E-state index contributed by atoms with van der Waals surface area (Å²) in [6.07, 6.45) is 6.91. The Morgan fingerprint density at radius 2 is 1.15 bits per heavy atom. The Bertz CT molecular complexity index is 481.